The molecule has 5 heteroatoms. The largest absolute Gasteiger partial charge is 0.309 e. The van der Waals surface area contributed by atoms with E-state index in [1.807, 2.05) is 0 Å². The van der Waals surface area contributed by atoms with E-state index in [-0.39, 0.29) is 0 Å². The van der Waals surface area contributed by atoms with Crippen LogP contribution in [0.4, 0.5) is 0 Å². The first kappa shape index (κ1) is 16.7. The molecular weight excluding hydrogens is 346 g/mol. The highest BCUT2D eigenvalue weighted by atomic mass is 79.9. The molecule has 2 rings (SSSR count). The maximum atomic E-state index is 4.78. The monoisotopic (exact) mass is 369 g/mol. The van der Waals surface area contributed by atoms with Crippen LogP contribution in [0.1, 0.15) is 56.3 Å². The van der Waals surface area contributed by atoms with Crippen LogP contribution in [0, 0.1) is 0 Å². The third-order valence-electron chi connectivity index (χ3n) is 3.81. The molecule has 1 atom stereocenters. The van der Waals surface area contributed by atoms with Gasteiger partial charge in [0.15, 0.2) is 0 Å². The first-order chi connectivity index (χ1) is 10.2. The highest BCUT2D eigenvalue weighted by molar-refractivity contribution is 9.10. The lowest BCUT2D eigenvalue weighted by Gasteiger charge is -2.16. The van der Waals surface area contributed by atoms with E-state index in [1.165, 1.54) is 9.35 Å². The Kier molecular flexibility index (Phi) is 6.45. The Hall–Kier alpha value is -0.650. The molecule has 0 spiro atoms. The molecule has 0 aliphatic heterocycles. The van der Waals surface area contributed by atoms with Gasteiger partial charge in [0.25, 0.3) is 0 Å². The molecule has 21 heavy (non-hydrogen) atoms. The molecule has 0 amide bonds. The molecule has 2 aromatic heterocycles. The topological polar surface area (TPSA) is 29.9 Å². The Morgan fingerprint density at radius 3 is 2.62 bits per heavy atom. The normalized spacial score (nSPS) is 13.0. The Labute approximate surface area is 139 Å². The van der Waals surface area contributed by atoms with Crippen molar-refractivity contribution in [1.29, 1.82) is 0 Å². The molecular formula is C16H24BrN3S. The Bertz CT molecular complexity index is 545. The lowest BCUT2D eigenvalue weighted by Crippen LogP contribution is -2.22. The minimum atomic E-state index is 0.328. The number of aromatic nitrogens is 2. The third-order valence-corrected chi connectivity index (χ3v) is 5.79. The van der Waals surface area contributed by atoms with Crippen LogP contribution in [0.5, 0.6) is 0 Å². The van der Waals surface area contributed by atoms with Gasteiger partial charge in [0.2, 0.25) is 0 Å². The zero-order valence-electron chi connectivity index (χ0n) is 13.0. The fourth-order valence-corrected chi connectivity index (χ4v) is 4.35. The molecule has 0 saturated heterocycles. The summed E-state index contributed by atoms with van der Waals surface area (Å²) in [4.78, 5) is 1.36. The molecule has 0 saturated carbocycles. The number of halogens is 1. The molecule has 0 aliphatic carbocycles. The van der Waals surface area contributed by atoms with Crippen LogP contribution >= 0.6 is 27.3 Å². The second kappa shape index (κ2) is 8.11. The number of nitrogens with zero attached hydrogens (tertiary/aromatic N) is 2. The van der Waals surface area contributed by atoms with E-state index in [9.17, 15) is 0 Å². The summed E-state index contributed by atoms with van der Waals surface area (Å²) in [5.41, 5.74) is 1.16. The molecule has 2 aromatic rings. The van der Waals surface area contributed by atoms with Crippen molar-refractivity contribution in [2.45, 2.75) is 52.1 Å². The second-order valence-corrected chi connectivity index (χ2v) is 7.01. The summed E-state index contributed by atoms with van der Waals surface area (Å²) in [7, 11) is 0. The molecule has 0 aliphatic rings. The standard InChI is InChI=1S/C16H24BrN3S/c1-4-13(5-2)20-9-7-12(19-20)11-15(18-6-3)16-14(17)8-10-21-16/h7-10,13,15,18H,4-6,11H2,1-3H3. The summed E-state index contributed by atoms with van der Waals surface area (Å²) in [5.74, 6) is 0. The van der Waals surface area contributed by atoms with Crippen LogP contribution in [-0.2, 0) is 6.42 Å². The third kappa shape index (κ3) is 4.18. The van der Waals surface area contributed by atoms with Gasteiger partial charge in [-0.05, 0) is 52.8 Å². The van der Waals surface area contributed by atoms with Gasteiger partial charge in [-0.1, -0.05) is 20.8 Å². The molecule has 3 nitrogen and oxygen atoms in total. The van der Waals surface area contributed by atoms with E-state index < -0.39 is 0 Å². The Balaban J connectivity index is 2.12. The molecule has 0 fully saturated rings. The van der Waals surface area contributed by atoms with Crippen molar-refractivity contribution in [2.24, 2.45) is 0 Å². The maximum absolute atomic E-state index is 4.78. The molecule has 0 aromatic carbocycles. The van der Waals surface area contributed by atoms with Gasteiger partial charge in [0.05, 0.1) is 11.7 Å². The SMILES string of the molecule is CCNC(Cc1ccn(C(CC)CC)n1)c1sccc1Br. The number of hydrogen-bond acceptors (Lipinski definition) is 3. The van der Waals surface area contributed by atoms with E-state index in [2.05, 4.69) is 70.4 Å². The molecule has 1 N–H and O–H groups in total. The van der Waals surface area contributed by atoms with Gasteiger partial charge in [-0.3, -0.25) is 4.68 Å². The van der Waals surface area contributed by atoms with Crippen LogP contribution in [0.15, 0.2) is 28.2 Å². The van der Waals surface area contributed by atoms with E-state index in [4.69, 9.17) is 5.10 Å². The van der Waals surface area contributed by atoms with Crippen molar-refractivity contribution in [3.05, 3.63) is 38.8 Å². The van der Waals surface area contributed by atoms with Crippen LogP contribution in [0.3, 0.4) is 0 Å². The summed E-state index contributed by atoms with van der Waals surface area (Å²) < 4.78 is 3.32. The van der Waals surface area contributed by atoms with Crippen LogP contribution in [0.2, 0.25) is 0 Å². The van der Waals surface area contributed by atoms with Crippen LogP contribution in [-0.4, -0.2) is 16.3 Å². The lowest BCUT2D eigenvalue weighted by atomic mass is 10.1. The van der Waals surface area contributed by atoms with Gasteiger partial charge < -0.3 is 5.32 Å². The van der Waals surface area contributed by atoms with Crippen molar-refractivity contribution in [3.8, 4) is 0 Å². The van der Waals surface area contributed by atoms with Crippen molar-refractivity contribution in [3.63, 3.8) is 0 Å². The lowest BCUT2D eigenvalue weighted by molar-refractivity contribution is 0.423. The predicted molar refractivity (Wildman–Crippen MR) is 94.0 cm³/mol. The maximum Gasteiger partial charge on any atom is 0.0644 e. The fourth-order valence-electron chi connectivity index (χ4n) is 2.62. The second-order valence-electron chi connectivity index (χ2n) is 5.20. The van der Waals surface area contributed by atoms with Gasteiger partial charge in [0.1, 0.15) is 0 Å². The van der Waals surface area contributed by atoms with Crippen molar-refractivity contribution < 1.29 is 0 Å². The zero-order valence-corrected chi connectivity index (χ0v) is 15.4. The first-order valence-electron chi connectivity index (χ1n) is 7.69. The minimum absolute atomic E-state index is 0.328. The van der Waals surface area contributed by atoms with E-state index in [1.54, 1.807) is 11.3 Å². The molecule has 116 valence electrons. The van der Waals surface area contributed by atoms with Gasteiger partial charge in [-0.25, -0.2) is 0 Å². The van der Waals surface area contributed by atoms with E-state index in [0.29, 0.717) is 12.1 Å². The first-order valence-corrected chi connectivity index (χ1v) is 9.37. The van der Waals surface area contributed by atoms with Crippen LogP contribution < -0.4 is 5.32 Å². The smallest absolute Gasteiger partial charge is 0.0644 e. The van der Waals surface area contributed by atoms with Crippen molar-refractivity contribution >= 4 is 27.3 Å². The Morgan fingerprint density at radius 1 is 1.29 bits per heavy atom. The summed E-state index contributed by atoms with van der Waals surface area (Å²) >= 11 is 5.44. The predicted octanol–water partition coefficient (Wildman–Crippen LogP) is 4.96. The van der Waals surface area contributed by atoms with E-state index >= 15 is 0 Å². The quantitative estimate of drug-likeness (QED) is 0.712. The van der Waals surface area contributed by atoms with E-state index in [0.717, 1.165) is 31.5 Å². The van der Waals surface area contributed by atoms with Gasteiger partial charge in [0, 0.05) is 28.0 Å². The molecule has 2 heterocycles. The number of likely N-dealkylation sites (N-methyl/N-ethyl adjacent to an activating group) is 1. The van der Waals surface area contributed by atoms with Crippen molar-refractivity contribution in [2.75, 3.05) is 6.54 Å². The zero-order chi connectivity index (χ0) is 15.2. The molecule has 0 bridgehead atoms. The average Bonchev–Trinajstić information content (AvgIpc) is 3.09. The highest BCUT2D eigenvalue weighted by Crippen LogP contribution is 2.31. The summed E-state index contributed by atoms with van der Waals surface area (Å²) in [6, 6.07) is 5.12. The highest BCUT2D eigenvalue weighted by Gasteiger charge is 2.17. The average molecular weight is 370 g/mol. The Morgan fingerprint density at radius 2 is 2.05 bits per heavy atom. The number of thiophene rings is 1. The molecule has 0 radical (unpaired) electrons. The van der Waals surface area contributed by atoms with Gasteiger partial charge in [-0.2, -0.15) is 5.10 Å². The number of hydrogen-bond donors (Lipinski definition) is 1. The summed E-state index contributed by atoms with van der Waals surface area (Å²) in [6.07, 6.45) is 5.31. The number of nitrogens with one attached hydrogen (secondary N) is 1. The minimum Gasteiger partial charge on any atom is -0.309 e. The number of rotatable bonds is 8. The summed E-state index contributed by atoms with van der Waals surface area (Å²) in [6.45, 7) is 7.55. The molecule has 1 unspecified atom stereocenters. The van der Waals surface area contributed by atoms with Gasteiger partial charge >= 0.3 is 0 Å². The fraction of sp³-hybridized carbons (Fsp3) is 0.562. The van der Waals surface area contributed by atoms with Gasteiger partial charge in [-0.15, -0.1) is 11.3 Å². The van der Waals surface area contributed by atoms with Crippen molar-refractivity contribution in [1.82, 2.24) is 15.1 Å². The van der Waals surface area contributed by atoms with Crippen LogP contribution in [0.25, 0.3) is 0 Å². The summed E-state index contributed by atoms with van der Waals surface area (Å²) in [5, 5.41) is 10.5.